The van der Waals surface area contributed by atoms with Crippen LogP contribution in [0.2, 0.25) is 0 Å². The second-order valence-electron chi connectivity index (χ2n) is 9.35. The van der Waals surface area contributed by atoms with Crippen molar-refractivity contribution < 1.29 is 13.9 Å². The van der Waals surface area contributed by atoms with Crippen LogP contribution in [0.1, 0.15) is 45.5 Å². The molecule has 1 atom stereocenters. The molecule has 0 saturated heterocycles. The molecule has 0 N–H and O–H groups in total. The quantitative estimate of drug-likeness (QED) is 0.297. The summed E-state index contributed by atoms with van der Waals surface area (Å²) in [5.74, 6) is 2.83. The van der Waals surface area contributed by atoms with Crippen molar-refractivity contribution in [3.8, 4) is 23.2 Å². The van der Waals surface area contributed by atoms with E-state index in [4.69, 9.17) is 24.0 Å². The third-order valence-corrected chi connectivity index (χ3v) is 7.00. The van der Waals surface area contributed by atoms with E-state index in [1.807, 2.05) is 73.1 Å². The Balaban J connectivity index is 1.35. The van der Waals surface area contributed by atoms with Crippen molar-refractivity contribution in [2.24, 2.45) is 0 Å². The number of aryl methyl sites for hydroxylation is 2. The molecule has 4 aromatic heterocycles. The zero-order valence-electron chi connectivity index (χ0n) is 21.1. The van der Waals surface area contributed by atoms with E-state index in [2.05, 4.69) is 23.1 Å². The first kappa shape index (κ1) is 22.3. The van der Waals surface area contributed by atoms with Gasteiger partial charge < -0.3 is 13.9 Å². The summed E-state index contributed by atoms with van der Waals surface area (Å²) in [7, 11) is 0. The maximum atomic E-state index is 6.42. The number of furan rings is 1. The highest BCUT2D eigenvalue weighted by Gasteiger charge is 2.39. The molecular weight excluding hydrogens is 480 g/mol. The molecule has 38 heavy (non-hydrogen) atoms. The van der Waals surface area contributed by atoms with E-state index in [0.717, 1.165) is 39.6 Å². The lowest BCUT2D eigenvalue weighted by atomic mass is 9.88. The predicted octanol–water partition coefficient (Wildman–Crippen LogP) is 5.69. The minimum Gasteiger partial charge on any atom is -0.485 e. The van der Waals surface area contributed by atoms with Crippen LogP contribution in [-0.4, -0.2) is 29.4 Å². The Morgan fingerprint density at radius 3 is 2.61 bits per heavy atom. The van der Waals surface area contributed by atoms with Crippen LogP contribution >= 0.6 is 0 Å². The van der Waals surface area contributed by atoms with Gasteiger partial charge in [-0.1, -0.05) is 30.3 Å². The van der Waals surface area contributed by atoms with Crippen molar-refractivity contribution in [2.75, 3.05) is 0 Å². The predicted molar refractivity (Wildman–Crippen MR) is 139 cm³/mol. The zero-order chi connectivity index (χ0) is 25.8. The third-order valence-electron chi connectivity index (χ3n) is 7.00. The molecule has 0 amide bonds. The Morgan fingerprint density at radius 2 is 1.79 bits per heavy atom. The van der Waals surface area contributed by atoms with Crippen LogP contribution in [0.5, 0.6) is 17.5 Å². The number of benzene rings is 2. The van der Waals surface area contributed by atoms with Gasteiger partial charge in [0.25, 0.3) is 0 Å². The van der Waals surface area contributed by atoms with Gasteiger partial charge in [0.2, 0.25) is 11.8 Å². The Kier molecular flexibility index (Phi) is 5.04. The van der Waals surface area contributed by atoms with E-state index in [-0.39, 0.29) is 12.5 Å². The van der Waals surface area contributed by atoms with E-state index in [1.54, 1.807) is 17.1 Å². The zero-order valence-corrected chi connectivity index (χ0v) is 21.1. The number of aromatic nitrogens is 6. The maximum Gasteiger partial charge on any atom is 0.230 e. The van der Waals surface area contributed by atoms with Gasteiger partial charge in [-0.25, -0.2) is 19.2 Å². The number of hydrogen-bond donors (Lipinski definition) is 0. The Labute approximate surface area is 218 Å². The highest BCUT2D eigenvalue weighted by atomic mass is 16.5. The second-order valence-corrected chi connectivity index (χ2v) is 9.35. The van der Waals surface area contributed by atoms with Crippen LogP contribution in [0.25, 0.3) is 11.3 Å². The summed E-state index contributed by atoms with van der Waals surface area (Å²) in [5.41, 5.74) is 6.31. The largest absolute Gasteiger partial charge is 0.485 e. The smallest absolute Gasteiger partial charge is 0.230 e. The van der Waals surface area contributed by atoms with E-state index < -0.39 is 0 Å². The number of fused-ring (bicyclic) bond motifs is 4. The van der Waals surface area contributed by atoms with E-state index in [1.165, 1.54) is 5.56 Å². The Morgan fingerprint density at radius 1 is 0.921 bits per heavy atom. The van der Waals surface area contributed by atoms with Crippen LogP contribution in [-0.2, 0) is 6.61 Å². The fraction of sp³-hybridized carbons (Fsp3) is 0.172. The van der Waals surface area contributed by atoms with Crippen molar-refractivity contribution in [2.45, 2.75) is 33.3 Å². The lowest BCUT2D eigenvalue weighted by molar-refractivity contribution is 0.294. The van der Waals surface area contributed by atoms with Crippen LogP contribution in [0.3, 0.4) is 0 Å². The van der Waals surface area contributed by atoms with Gasteiger partial charge in [-0.05, 0) is 62.2 Å². The minimum atomic E-state index is -0.325. The van der Waals surface area contributed by atoms with Crippen molar-refractivity contribution >= 4 is 5.65 Å². The van der Waals surface area contributed by atoms with Gasteiger partial charge in [0.05, 0.1) is 34.7 Å². The van der Waals surface area contributed by atoms with Crippen LogP contribution in [0, 0.1) is 20.8 Å². The normalized spacial score (nSPS) is 14.2. The molecule has 0 spiro atoms. The third kappa shape index (κ3) is 3.47. The summed E-state index contributed by atoms with van der Waals surface area (Å²) in [5, 5.41) is 9.47. The Hall–Kier alpha value is -4.92. The minimum absolute atomic E-state index is 0.225. The molecular formula is C29H24N6O3. The van der Waals surface area contributed by atoms with Crippen molar-refractivity contribution in [3.63, 3.8) is 0 Å². The molecule has 0 aliphatic carbocycles. The highest BCUT2D eigenvalue weighted by Crippen LogP contribution is 2.49. The molecule has 0 bridgehead atoms. The SMILES string of the molecule is Cc1cccc(OCc2nc3c4c(ncn3n2)Oc2c(c(C)nn2-c2ccccc2)C4c2ccco2)c1C. The van der Waals surface area contributed by atoms with Gasteiger partial charge in [-0.2, -0.15) is 5.10 Å². The molecule has 0 radical (unpaired) electrons. The second kappa shape index (κ2) is 8.58. The summed E-state index contributed by atoms with van der Waals surface area (Å²) < 4.78 is 21.9. The van der Waals surface area contributed by atoms with E-state index >= 15 is 0 Å². The fourth-order valence-electron chi connectivity index (χ4n) is 4.99. The standard InChI is InChI=1S/C29H24N6O3/c1-17-9-7-12-21(18(17)2)37-15-23-31-27-26-25(22-13-8-14-36-22)24-19(3)32-35(20-10-5-4-6-11-20)29(24)38-28(26)30-16-34(27)33-23/h4-14,16,25H,15H2,1-3H3. The summed E-state index contributed by atoms with van der Waals surface area (Å²) in [6, 6.07) is 19.7. The van der Waals surface area contributed by atoms with Gasteiger partial charge in [0, 0.05) is 0 Å². The highest BCUT2D eigenvalue weighted by molar-refractivity contribution is 5.65. The van der Waals surface area contributed by atoms with Crippen LogP contribution < -0.4 is 9.47 Å². The fourth-order valence-corrected chi connectivity index (χ4v) is 4.99. The number of rotatable bonds is 5. The van der Waals surface area contributed by atoms with E-state index in [9.17, 15) is 0 Å². The summed E-state index contributed by atoms with van der Waals surface area (Å²) in [4.78, 5) is 9.48. The van der Waals surface area contributed by atoms with Crippen molar-refractivity contribution in [1.29, 1.82) is 0 Å². The first-order valence-electron chi connectivity index (χ1n) is 12.4. The molecule has 7 rings (SSSR count). The summed E-state index contributed by atoms with van der Waals surface area (Å²) in [6.07, 6.45) is 3.28. The van der Waals surface area contributed by atoms with Gasteiger partial charge in [-0.15, -0.1) is 5.10 Å². The molecule has 2 aromatic carbocycles. The van der Waals surface area contributed by atoms with Crippen LogP contribution in [0.15, 0.2) is 77.7 Å². The first-order valence-corrected chi connectivity index (χ1v) is 12.4. The summed E-state index contributed by atoms with van der Waals surface area (Å²) >= 11 is 0. The number of hydrogen-bond acceptors (Lipinski definition) is 7. The molecule has 6 aromatic rings. The lowest BCUT2D eigenvalue weighted by Crippen LogP contribution is -2.15. The number of ether oxygens (including phenoxy) is 2. The average molecular weight is 505 g/mol. The number of para-hydroxylation sites is 1. The molecule has 1 aliphatic heterocycles. The molecule has 1 unspecified atom stereocenters. The molecule has 188 valence electrons. The van der Waals surface area contributed by atoms with Gasteiger partial charge in [0.15, 0.2) is 11.5 Å². The topological polar surface area (TPSA) is 92.5 Å². The Bertz CT molecular complexity index is 1790. The first-order chi connectivity index (χ1) is 18.6. The molecule has 9 nitrogen and oxygen atoms in total. The molecule has 0 fully saturated rings. The summed E-state index contributed by atoms with van der Waals surface area (Å²) in [6.45, 7) is 6.31. The van der Waals surface area contributed by atoms with Crippen molar-refractivity contribution in [1.82, 2.24) is 29.4 Å². The average Bonchev–Trinajstić information content (AvgIpc) is 3.68. The molecule has 5 heterocycles. The van der Waals surface area contributed by atoms with Gasteiger partial charge in [0.1, 0.15) is 24.4 Å². The van der Waals surface area contributed by atoms with Crippen molar-refractivity contribution in [3.05, 3.63) is 113 Å². The van der Waals surface area contributed by atoms with Gasteiger partial charge in [-0.3, -0.25) is 0 Å². The number of nitrogens with zero attached hydrogens (tertiary/aromatic N) is 6. The maximum absolute atomic E-state index is 6.42. The molecule has 0 saturated carbocycles. The molecule has 9 heteroatoms. The molecule has 1 aliphatic rings. The monoisotopic (exact) mass is 504 g/mol. The van der Waals surface area contributed by atoms with Gasteiger partial charge >= 0.3 is 0 Å². The van der Waals surface area contributed by atoms with E-state index in [0.29, 0.717) is 23.2 Å². The lowest BCUT2D eigenvalue weighted by Gasteiger charge is -2.24. The van der Waals surface area contributed by atoms with Crippen LogP contribution in [0.4, 0.5) is 0 Å².